The van der Waals surface area contributed by atoms with Gasteiger partial charge in [0.2, 0.25) is 0 Å². The molecule has 0 aromatic heterocycles. The van der Waals surface area contributed by atoms with Gasteiger partial charge in [-0.15, -0.1) is 0 Å². The van der Waals surface area contributed by atoms with Crippen LogP contribution in [0.15, 0.2) is 48.5 Å². The number of anilines is 1. The first-order valence-corrected chi connectivity index (χ1v) is 5.70. The largest absolute Gasteiger partial charge is 0.490 e. The highest BCUT2D eigenvalue weighted by molar-refractivity contribution is 6.61. The summed E-state index contributed by atoms with van der Waals surface area (Å²) in [7, 11) is -1.69. The Morgan fingerprint density at radius 2 is 1.74 bits per heavy atom. The quantitative estimate of drug-likeness (QED) is 0.603. The summed E-state index contributed by atoms with van der Waals surface area (Å²) in [5, 5.41) is 21.1. The van der Waals surface area contributed by atoms with Crippen LogP contribution in [-0.2, 0) is 0 Å². The molecule has 5 nitrogen and oxygen atoms in total. The van der Waals surface area contributed by atoms with Crippen molar-refractivity contribution in [3.8, 4) is 11.1 Å². The number of hydrogen-bond donors (Lipinski definition) is 4. The Balaban J connectivity index is 2.45. The smallest absolute Gasteiger partial charge is 0.423 e. The molecule has 0 aliphatic carbocycles. The van der Waals surface area contributed by atoms with Gasteiger partial charge >= 0.3 is 13.1 Å². The second-order valence-electron chi connectivity index (χ2n) is 4.03. The molecule has 0 radical (unpaired) electrons. The number of amides is 2. The lowest BCUT2D eigenvalue weighted by Crippen LogP contribution is -2.34. The van der Waals surface area contributed by atoms with E-state index in [-0.39, 0.29) is 11.2 Å². The third-order valence-corrected chi connectivity index (χ3v) is 2.69. The highest BCUT2D eigenvalue weighted by Gasteiger charge is 2.17. The lowest BCUT2D eigenvalue weighted by molar-refractivity contribution is 0.259. The molecule has 6 heteroatoms. The number of carbonyl (C=O) groups excluding carboxylic acids is 1. The van der Waals surface area contributed by atoms with E-state index in [1.165, 1.54) is 0 Å². The molecule has 0 saturated heterocycles. The fourth-order valence-electron chi connectivity index (χ4n) is 1.83. The van der Waals surface area contributed by atoms with Gasteiger partial charge in [0.25, 0.3) is 0 Å². The van der Waals surface area contributed by atoms with E-state index < -0.39 is 13.1 Å². The first-order valence-electron chi connectivity index (χ1n) is 5.70. The molecule has 0 atom stereocenters. The maximum Gasteiger partial charge on any atom is 0.490 e. The second kappa shape index (κ2) is 5.56. The number of carbonyl (C=O) groups is 1. The van der Waals surface area contributed by atoms with Gasteiger partial charge < -0.3 is 21.1 Å². The Hall–Kier alpha value is -2.31. The summed E-state index contributed by atoms with van der Waals surface area (Å²) >= 11 is 0. The van der Waals surface area contributed by atoms with E-state index in [2.05, 4.69) is 5.32 Å². The molecule has 0 fully saturated rings. The molecule has 0 bridgehead atoms. The van der Waals surface area contributed by atoms with Crippen molar-refractivity contribution in [3.05, 3.63) is 48.5 Å². The topological polar surface area (TPSA) is 95.6 Å². The van der Waals surface area contributed by atoms with Crippen LogP contribution >= 0.6 is 0 Å². The Labute approximate surface area is 110 Å². The molecule has 0 heterocycles. The van der Waals surface area contributed by atoms with Crippen LogP contribution < -0.4 is 16.5 Å². The maximum atomic E-state index is 10.8. The summed E-state index contributed by atoms with van der Waals surface area (Å²) in [4.78, 5) is 10.8. The summed E-state index contributed by atoms with van der Waals surface area (Å²) in [6, 6.07) is 13.7. The minimum atomic E-state index is -1.69. The van der Waals surface area contributed by atoms with Crippen molar-refractivity contribution in [1.29, 1.82) is 0 Å². The zero-order chi connectivity index (χ0) is 13.8. The Morgan fingerprint density at radius 1 is 1.05 bits per heavy atom. The molecule has 0 saturated carbocycles. The van der Waals surface area contributed by atoms with Gasteiger partial charge in [0.15, 0.2) is 0 Å². The Kier molecular flexibility index (Phi) is 3.84. The lowest BCUT2D eigenvalue weighted by Gasteiger charge is -2.11. The molecule has 19 heavy (non-hydrogen) atoms. The van der Waals surface area contributed by atoms with Crippen LogP contribution in [-0.4, -0.2) is 23.2 Å². The van der Waals surface area contributed by atoms with Gasteiger partial charge in [0, 0.05) is 11.2 Å². The molecule has 0 spiro atoms. The average molecular weight is 256 g/mol. The second-order valence-corrected chi connectivity index (χ2v) is 4.03. The van der Waals surface area contributed by atoms with Crippen LogP contribution in [0.1, 0.15) is 0 Å². The predicted molar refractivity (Wildman–Crippen MR) is 74.9 cm³/mol. The summed E-state index contributed by atoms with van der Waals surface area (Å²) in [6.07, 6.45) is 0. The minimum Gasteiger partial charge on any atom is -0.423 e. The molecular formula is C13H13BN2O3. The van der Waals surface area contributed by atoms with Gasteiger partial charge in [-0.3, -0.25) is 0 Å². The fourth-order valence-corrected chi connectivity index (χ4v) is 1.83. The average Bonchev–Trinajstić information content (AvgIpc) is 2.39. The summed E-state index contributed by atoms with van der Waals surface area (Å²) in [5.74, 6) is 0. The normalized spacial score (nSPS) is 10.0. The Morgan fingerprint density at radius 3 is 2.32 bits per heavy atom. The van der Waals surface area contributed by atoms with Crippen molar-refractivity contribution in [2.45, 2.75) is 0 Å². The number of urea groups is 1. The molecule has 0 aliphatic rings. The van der Waals surface area contributed by atoms with E-state index in [1.807, 2.05) is 30.3 Å². The molecule has 96 valence electrons. The van der Waals surface area contributed by atoms with Gasteiger partial charge in [0.05, 0.1) is 0 Å². The van der Waals surface area contributed by atoms with Crippen molar-refractivity contribution in [2.75, 3.05) is 5.32 Å². The number of nitrogens with one attached hydrogen (secondary N) is 1. The first-order chi connectivity index (χ1) is 9.08. The zero-order valence-electron chi connectivity index (χ0n) is 10.1. The highest BCUT2D eigenvalue weighted by atomic mass is 16.4. The van der Waals surface area contributed by atoms with Crippen LogP contribution in [0.3, 0.4) is 0 Å². The standard InChI is InChI=1S/C13H13BN2O3/c15-13(17)16-12-7-6-10(8-11(12)14(18)19)9-4-2-1-3-5-9/h1-8,18-19H,(H3,15,16,17). The molecule has 0 aliphatic heterocycles. The lowest BCUT2D eigenvalue weighted by atomic mass is 9.77. The van der Waals surface area contributed by atoms with E-state index in [1.54, 1.807) is 18.2 Å². The van der Waals surface area contributed by atoms with Crippen LogP contribution in [0.5, 0.6) is 0 Å². The number of rotatable bonds is 3. The molecule has 5 N–H and O–H groups in total. The summed E-state index contributed by atoms with van der Waals surface area (Å²) in [5.41, 5.74) is 7.26. The van der Waals surface area contributed by atoms with Gasteiger partial charge in [-0.1, -0.05) is 42.5 Å². The van der Waals surface area contributed by atoms with E-state index in [4.69, 9.17) is 5.73 Å². The van der Waals surface area contributed by atoms with E-state index in [0.717, 1.165) is 11.1 Å². The SMILES string of the molecule is NC(=O)Nc1ccc(-c2ccccc2)cc1B(O)O. The summed E-state index contributed by atoms with van der Waals surface area (Å²) in [6.45, 7) is 0. The third kappa shape index (κ3) is 3.12. The van der Waals surface area contributed by atoms with E-state index in [0.29, 0.717) is 0 Å². The van der Waals surface area contributed by atoms with Crippen molar-refractivity contribution in [3.63, 3.8) is 0 Å². The predicted octanol–water partition coefficient (Wildman–Crippen LogP) is 0.524. The molecule has 2 aromatic carbocycles. The highest BCUT2D eigenvalue weighted by Crippen LogP contribution is 2.20. The van der Waals surface area contributed by atoms with Crippen molar-refractivity contribution >= 4 is 24.3 Å². The van der Waals surface area contributed by atoms with E-state index in [9.17, 15) is 14.8 Å². The van der Waals surface area contributed by atoms with Crippen LogP contribution in [0.4, 0.5) is 10.5 Å². The van der Waals surface area contributed by atoms with Crippen LogP contribution in [0.25, 0.3) is 11.1 Å². The third-order valence-electron chi connectivity index (χ3n) is 2.69. The number of hydrogen-bond acceptors (Lipinski definition) is 3. The molecule has 2 aromatic rings. The van der Waals surface area contributed by atoms with Gasteiger partial charge in [-0.05, 0) is 17.2 Å². The van der Waals surface area contributed by atoms with Gasteiger partial charge in [-0.2, -0.15) is 0 Å². The van der Waals surface area contributed by atoms with Crippen molar-refractivity contribution < 1.29 is 14.8 Å². The van der Waals surface area contributed by atoms with Crippen LogP contribution in [0, 0.1) is 0 Å². The minimum absolute atomic E-state index is 0.195. The summed E-state index contributed by atoms with van der Waals surface area (Å²) < 4.78 is 0. The molecule has 2 rings (SSSR count). The van der Waals surface area contributed by atoms with Crippen LogP contribution in [0.2, 0.25) is 0 Å². The molecule has 2 amide bonds. The molecule has 0 unspecified atom stereocenters. The Bertz CT molecular complexity index is 588. The van der Waals surface area contributed by atoms with Crippen molar-refractivity contribution in [1.82, 2.24) is 0 Å². The number of nitrogens with two attached hydrogens (primary N) is 1. The van der Waals surface area contributed by atoms with Gasteiger partial charge in [0.1, 0.15) is 0 Å². The van der Waals surface area contributed by atoms with Crippen molar-refractivity contribution in [2.24, 2.45) is 5.73 Å². The number of benzene rings is 2. The first kappa shape index (κ1) is 13.1. The van der Waals surface area contributed by atoms with Gasteiger partial charge in [-0.25, -0.2) is 4.79 Å². The maximum absolute atomic E-state index is 10.8. The van der Waals surface area contributed by atoms with E-state index >= 15 is 0 Å². The fraction of sp³-hybridized carbons (Fsp3) is 0. The molecular weight excluding hydrogens is 243 g/mol. The monoisotopic (exact) mass is 256 g/mol. The number of primary amides is 1. The zero-order valence-corrected chi connectivity index (χ0v) is 10.1.